The zero-order chi connectivity index (χ0) is 20.5. The van der Waals surface area contributed by atoms with E-state index < -0.39 is 0 Å². The molecule has 0 amide bonds. The molecule has 0 unspecified atom stereocenters. The number of nitrogens with zero attached hydrogens (tertiary/aromatic N) is 4. The molecule has 0 atom stereocenters. The second-order valence-electron chi connectivity index (χ2n) is 7.29. The highest BCUT2D eigenvalue weighted by molar-refractivity contribution is 7.98. The first-order valence-electron chi connectivity index (χ1n) is 9.68. The zero-order valence-corrected chi connectivity index (χ0v) is 18.3. The van der Waals surface area contributed by atoms with Crippen molar-refractivity contribution in [1.29, 1.82) is 0 Å². The lowest BCUT2D eigenvalue weighted by atomic mass is 10.2. The van der Waals surface area contributed by atoms with Gasteiger partial charge in [0, 0.05) is 25.2 Å². The quantitative estimate of drug-likeness (QED) is 0.271. The fourth-order valence-corrected chi connectivity index (χ4v) is 3.24. The van der Waals surface area contributed by atoms with Gasteiger partial charge in [-0.1, -0.05) is 25.6 Å². The first-order valence-corrected chi connectivity index (χ1v) is 10.9. The molecule has 3 N–H and O–H groups in total. The maximum absolute atomic E-state index is 6.00. The van der Waals surface area contributed by atoms with E-state index in [4.69, 9.17) is 10.5 Å². The molecule has 1 aromatic heterocycles. The highest BCUT2D eigenvalue weighted by atomic mass is 32.2. The van der Waals surface area contributed by atoms with Crippen LogP contribution < -0.4 is 15.8 Å². The van der Waals surface area contributed by atoms with E-state index in [-0.39, 0.29) is 6.10 Å². The van der Waals surface area contributed by atoms with Crippen LogP contribution >= 0.6 is 11.8 Å². The van der Waals surface area contributed by atoms with Crippen molar-refractivity contribution in [1.82, 2.24) is 14.8 Å². The van der Waals surface area contributed by atoms with Crippen LogP contribution in [0.15, 0.2) is 34.4 Å². The van der Waals surface area contributed by atoms with E-state index in [9.17, 15) is 0 Å². The highest BCUT2D eigenvalue weighted by Crippen LogP contribution is 2.18. The summed E-state index contributed by atoms with van der Waals surface area (Å²) in [7, 11) is 0. The van der Waals surface area contributed by atoms with Gasteiger partial charge < -0.3 is 20.4 Å². The number of nitrogens with two attached hydrogens (primary N) is 1. The number of ether oxygens (including phenoxy) is 1. The Morgan fingerprint density at radius 1 is 1.21 bits per heavy atom. The van der Waals surface area contributed by atoms with Crippen molar-refractivity contribution in [3.63, 3.8) is 0 Å². The molecule has 0 bridgehead atoms. The van der Waals surface area contributed by atoms with E-state index in [1.165, 1.54) is 0 Å². The van der Waals surface area contributed by atoms with Gasteiger partial charge >= 0.3 is 0 Å². The number of thioether (sulfide) groups is 1. The standard InChI is InChI=1S/C20H32N6OS/c1-14(2)13-26-18(24-25-20(26)28-5)7-6-12-22-19(21)23-16-8-10-17(11-9-16)27-15(3)4/h8-11,14-15H,6-7,12-13H2,1-5H3,(H3,21,22,23). The van der Waals surface area contributed by atoms with Gasteiger partial charge in [-0.2, -0.15) is 0 Å². The molecule has 7 nitrogen and oxygen atoms in total. The molecule has 1 heterocycles. The molecule has 154 valence electrons. The Balaban J connectivity index is 1.83. The summed E-state index contributed by atoms with van der Waals surface area (Å²) in [6.45, 7) is 9.98. The summed E-state index contributed by atoms with van der Waals surface area (Å²) in [5, 5.41) is 12.7. The van der Waals surface area contributed by atoms with E-state index in [0.717, 1.165) is 41.8 Å². The smallest absolute Gasteiger partial charge is 0.193 e. The lowest BCUT2D eigenvalue weighted by Gasteiger charge is -2.11. The van der Waals surface area contributed by atoms with Crippen LogP contribution in [-0.2, 0) is 13.0 Å². The summed E-state index contributed by atoms with van der Waals surface area (Å²) in [5.74, 6) is 2.81. The zero-order valence-electron chi connectivity index (χ0n) is 17.5. The van der Waals surface area contributed by atoms with Gasteiger partial charge in [-0.05, 0) is 56.7 Å². The topological polar surface area (TPSA) is 90.3 Å². The summed E-state index contributed by atoms with van der Waals surface area (Å²) >= 11 is 1.63. The van der Waals surface area contributed by atoms with Crippen molar-refractivity contribution in [2.45, 2.75) is 58.3 Å². The van der Waals surface area contributed by atoms with Gasteiger partial charge in [0.25, 0.3) is 0 Å². The Hall–Kier alpha value is -2.22. The minimum atomic E-state index is 0.156. The van der Waals surface area contributed by atoms with Crippen molar-refractivity contribution >= 4 is 23.4 Å². The van der Waals surface area contributed by atoms with Gasteiger partial charge in [0.1, 0.15) is 11.6 Å². The van der Waals surface area contributed by atoms with Crippen LogP contribution in [0.25, 0.3) is 0 Å². The van der Waals surface area contributed by atoms with Crippen LogP contribution in [0.5, 0.6) is 5.75 Å². The fraction of sp³-hybridized carbons (Fsp3) is 0.550. The number of anilines is 1. The van der Waals surface area contributed by atoms with E-state index in [1.54, 1.807) is 11.8 Å². The van der Waals surface area contributed by atoms with Crippen LogP contribution in [-0.4, -0.2) is 39.6 Å². The van der Waals surface area contributed by atoms with Crippen molar-refractivity contribution in [2.24, 2.45) is 16.6 Å². The molecule has 0 aliphatic carbocycles. The van der Waals surface area contributed by atoms with E-state index in [1.807, 2.05) is 44.4 Å². The molecular weight excluding hydrogens is 372 g/mol. The minimum Gasteiger partial charge on any atom is -0.491 e. The van der Waals surface area contributed by atoms with Gasteiger partial charge in [0.2, 0.25) is 0 Å². The molecular formula is C20H32N6OS. The summed E-state index contributed by atoms with van der Waals surface area (Å²) in [5.41, 5.74) is 6.88. The highest BCUT2D eigenvalue weighted by Gasteiger charge is 2.12. The predicted octanol–water partition coefficient (Wildman–Crippen LogP) is 3.80. The van der Waals surface area contributed by atoms with Crippen LogP contribution in [0.1, 0.15) is 39.9 Å². The third kappa shape index (κ3) is 7.07. The minimum absolute atomic E-state index is 0.156. The molecule has 2 rings (SSSR count). The average molecular weight is 405 g/mol. The number of hydrogen-bond acceptors (Lipinski definition) is 5. The van der Waals surface area contributed by atoms with E-state index in [0.29, 0.717) is 18.4 Å². The van der Waals surface area contributed by atoms with Gasteiger partial charge in [0.05, 0.1) is 6.10 Å². The third-order valence-electron chi connectivity index (χ3n) is 3.86. The number of rotatable bonds is 10. The number of aliphatic imine (C=N–C) groups is 1. The average Bonchev–Trinajstić information content (AvgIpc) is 3.01. The van der Waals surface area contributed by atoms with E-state index in [2.05, 4.69) is 38.9 Å². The number of aryl methyl sites for hydroxylation is 1. The van der Waals surface area contributed by atoms with Crippen molar-refractivity contribution < 1.29 is 4.74 Å². The molecule has 0 radical (unpaired) electrons. The summed E-state index contributed by atoms with van der Waals surface area (Å²) in [4.78, 5) is 4.41. The van der Waals surface area contributed by atoms with Gasteiger partial charge in [0.15, 0.2) is 11.1 Å². The first kappa shape index (κ1) is 22.1. The van der Waals surface area contributed by atoms with Gasteiger partial charge in [-0.25, -0.2) is 0 Å². The van der Waals surface area contributed by atoms with Crippen LogP contribution in [0.4, 0.5) is 5.69 Å². The number of hydrogen-bond donors (Lipinski definition) is 2. The Bertz CT molecular complexity index is 755. The number of guanidine groups is 1. The normalized spacial score (nSPS) is 12.0. The fourth-order valence-electron chi connectivity index (χ4n) is 2.72. The van der Waals surface area contributed by atoms with Gasteiger partial charge in [-0.15, -0.1) is 10.2 Å². The summed E-state index contributed by atoms with van der Waals surface area (Å²) < 4.78 is 7.84. The van der Waals surface area contributed by atoms with E-state index >= 15 is 0 Å². The molecule has 0 saturated carbocycles. The van der Waals surface area contributed by atoms with Crippen molar-refractivity contribution in [3.05, 3.63) is 30.1 Å². The molecule has 8 heteroatoms. The lowest BCUT2D eigenvalue weighted by Crippen LogP contribution is -2.23. The monoisotopic (exact) mass is 404 g/mol. The van der Waals surface area contributed by atoms with Crippen molar-refractivity contribution in [2.75, 3.05) is 18.1 Å². The maximum Gasteiger partial charge on any atom is 0.193 e. The molecule has 2 aromatic rings. The summed E-state index contributed by atoms with van der Waals surface area (Å²) in [6.07, 6.45) is 3.89. The first-order chi connectivity index (χ1) is 13.4. The molecule has 0 aliphatic rings. The predicted molar refractivity (Wildman–Crippen MR) is 117 cm³/mol. The number of nitrogens with one attached hydrogen (secondary N) is 1. The Kier molecular flexibility index (Phi) is 8.63. The molecule has 0 spiro atoms. The van der Waals surface area contributed by atoms with Crippen molar-refractivity contribution in [3.8, 4) is 5.75 Å². The van der Waals surface area contributed by atoms with Gasteiger partial charge in [-0.3, -0.25) is 4.99 Å². The third-order valence-corrected chi connectivity index (χ3v) is 4.53. The lowest BCUT2D eigenvalue weighted by molar-refractivity contribution is 0.242. The largest absolute Gasteiger partial charge is 0.491 e. The SMILES string of the molecule is CSc1nnc(CCCN=C(N)Nc2ccc(OC(C)C)cc2)n1CC(C)C. The maximum atomic E-state index is 6.00. The molecule has 0 aliphatic heterocycles. The second-order valence-corrected chi connectivity index (χ2v) is 8.07. The molecule has 0 fully saturated rings. The second kappa shape index (κ2) is 10.9. The molecule has 1 aromatic carbocycles. The molecule has 0 saturated heterocycles. The van der Waals surface area contributed by atoms with Crippen LogP contribution in [0.3, 0.4) is 0 Å². The number of aromatic nitrogens is 3. The summed E-state index contributed by atoms with van der Waals surface area (Å²) in [6, 6.07) is 7.69. The molecule has 28 heavy (non-hydrogen) atoms. The Labute approximate surface area is 172 Å². The Morgan fingerprint density at radius 3 is 2.54 bits per heavy atom. The van der Waals surface area contributed by atoms with Crippen LogP contribution in [0.2, 0.25) is 0 Å². The number of benzene rings is 1. The Morgan fingerprint density at radius 2 is 1.93 bits per heavy atom. The van der Waals surface area contributed by atoms with Crippen LogP contribution in [0, 0.1) is 5.92 Å².